The van der Waals surface area contributed by atoms with E-state index in [-0.39, 0.29) is 53.7 Å². The number of carbonyl (C=O) groups excluding carboxylic acids is 1. The van der Waals surface area contributed by atoms with E-state index in [1.807, 2.05) is 32.0 Å². The smallest absolute Gasteiger partial charge is 0.337 e. The van der Waals surface area contributed by atoms with E-state index in [4.69, 9.17) is 4.74 Å². The van der Waals surface area contributed by atoms with Crippen LogP contribution in [0.2, 0.25) is 0 Å². The molecule has 3 aromatic carbocycles. The van der Waals surface area contributed by atoms with Crippen molar-refractivity contribution in [3.8, 4) is 0 Å². The summed E-state index contributed by atoms with van der Waals surface area (Å²) in [6.07, 6.45) is 0.236. The minimum absolute atomic E-state index is 0.00255. The van der Waals surface area contributed by atoms with Crippen LogP contribution in [0.25, 0.3) is 0 Å². The summed E-state index contributed by atoms with van der Waals surface area (Å²) in [7, 11) is -7.97. The summed E-state index contributed by atoms with van der Waals surface area (Å²) in [5.41, 5.74) is 2.69. The van der Waals surface area contributed by atoms with Gasteiger partial charge in [-0.3, -0.25) is 4.31 Å². The molecule has 3 aromatic rings. The molecule has 4 rings (SSSR count). The summed E-state index contributed by atoms with van der Waals surface area (Å²) in [6, 6.07) is 22.0. The van der Waals surface area contributed by atoms with Gasteiger partial charge in [-0.1, -0.05) is 65.7 Å². The quantitative estimate of drug-likeness (QED) is 0.392. The van der Waals surface area contributed by atoms with Gasteiger partial charge in [-0.15, -0.1) is 0 Å². The number of hydrogen-bond donors (Lipinski definition) is 0. The second kappa shape index (κ2) is 11.7. The molecule has 8 nitrogen and oxygen atoms in total. The summed E-state index contributed by atoms with van der Waals surface area (Å²) in [5.74, 6) is -0.772. The van der Waals surface area contributed by atoms with Crippen LogP contribution in [0.1, 0.15) is 30.0 Å². The van der Waals surface area contributed by atoms with E-state index >= 15 is 0 Å². The third-order valence-corrected chi connectivity index (χ3v) is 10.4. The van der Waals surface area contributed by atoms with E-state index in [1.54, 1.807) is 36.4 Å². The molecule has 0 saturated heterocycles. The number of sulfonamides is 2. The zero-order valence-corrected chi connectivity index (χ0v) is 23.8. The Kier molecular flexibility index (Phi) is 8.58. The minimum atomic E-state index is -4.01. The number of esters is 1. The molecule has 0 fully saturated rings. The molecule has 1 heterocycles. The third-order valence-electron chi connectivity index (χ3n) is 6.64. The lowest BCUT2D eigenvalue weighted by molar-refractivity contribution is -0.140. The Morgan fingerprint density at radius 3 is 1.85 bits per heavy atom. The maximum Gasteiger partial charge on any atom is 0.337 e. The van der Waals surface area contributed by atoms with E-state index < -0.39 is 26.0 Å². The van der Waals surface area contributed by atoms with Crippen LogP contribution in [0.3, 0.4) is 0 Å². The van der Waals surface area contributed by atoms with E-state index in [2.05, 4.69) is 0 Å². The van der Waals surface area contributed by atoms with Crippen LogP contribution in [0, 0.1) is 13.8 Å². The van der Waals surface area contributed by atoms with Crippen LogP contribution in [0.15, 0.2) is 99.9 Å². The first-order valence-corrected chi connectivity index (χ1v) is 15.4. The molecule has 0 spiro atoms. The Bertz CT molecular complexity index is 1560. The van der Waals surface area contributed by atoms with Gasteiger partial charge in [0.2, 0.25) is 10.0 Å². The molecule has 0 N–H and O–H groups in total. The third kappa shape index (κ3) is 6.41. The van der Waals surface area contributed by atoms with Crippen LogP contribution >= 0.6 is 0 Å². The number of aryl methyl sites for hydroxylation is 2. The molecule has 0 amide bonds. The average molecular weight is 569 g/mol. The van der Waals surface area contributed by atoms with Gasteiger partial charge < -0.3 is 4.74 Å². The van der Waals surface area contributed by atoms with Crippen molar-refractivity contribution in [2.75, 3.05) is 19.6 Å². The zero-order chi connectivity index (χ0) is 28.2. The van der Waals surface area contributed by atoms with E-state index in [0.717, 1.165) is 16.7 Å². The number of nitrogens with zero attached hydrogens (tertiary/aromatic N) is 2. The molecule has 0 aromatic heterocycles. The first-order valence-electron chi connectivity index (χ1n) is 12.6. The SMILES string of the molecule is C/C1=C(\C(=O)OCc2ccccc2)CN(S(=O)(=O)c2ccc(C)cc2)CCCN1S(=O)(=O)c1ccc(C)cc1. The van der Waals surface area contributed by atoms with Crippen LogP contribution in [0.4, 0.5) is 0 Å². The Hall–Kier alpha value is -3.47. The minimum Gasteiger partial charge on any atom is -0.457 e. The molecule has 0 saturated carbocycles. The maximum atomic E-state index is 13.7. The van der Waals surface area contributed by atoms with Crippen LogP contribution in [-0.4, -0.2) is 51.0 Å². The molecule has 0 atom stereocenters. The number of carbonyl (C=O) groups is 1. The van der Waals surface area contributed by atoms with E-state index in [0.29, 0.717) is 0 Å². The van der Waals surface area contributed by atoms with Crippen molar-refractivity contribution < 1.29 is 26.4 Å². The molecular formula is C29H32N2O6S2. The molecular weight excluding hydrogens is 536 g/mol. The predicted molar refractivity (Wildman–Crippen MR) is 149 cm³/mol. The largest absolute Gasteiger partial charge is 0.457 e. The summed E-state index contributed by atoms with van der Waals surface area (Å²) >= 11 is 0. The number of hydrogen-bond acceptors (Lipinski definition) is 6. The van der Waals surface area contributed by atoms with Gasteiger partial charge in [0.25, 0.3) is 10.0 Å². The van der Waals surface area contributed by atoms with E-state index in [1.165, 1.54) is 39.8 Å². The molecule has 0 bridgehead atoms. The normalized spacial score (nSPS) is 17.4. The predicted octanol–water partition coefficient (Wildman–Crippen LogP) is 4.41. The maximum absolute atomic E-state index is 13.7. The van der Waals surface area contributed by atoms with Crippen molar-refractivity contribution >= 4 is 26.0 Å². The Morgan fingerprint density at radius 2 is 1.28 bits per heavy atom. The Labute approximate surface area is 230 Å². The highest BCUT2D eigenvalue weighted by molar-refractivity contribution is 7.89. The van der Waals surface area contributed by atoms with Crippen molar-refractivity contribution in [1.82, 2.24) is 8.61 Å². The summed E-state index contributed by atoms with van der Waals surface area (Å²) in [4.78, 5) is 13.6. The molecule has 0 unspecified atom stereocenters. The molecule has 10 heteroatoms. The molecule has 39 heavy (non-hydrogen) atoms. The fraction of sp³-hybridized carbons (Fsp3) is 0.276. The lowest BCUT2D eigenvalue weighted by Crippen LogP contribution is -2.42. The Morgan fingerprint density at radius 1 is 0.744 bits per heavy atom. The highest BCUT2D eigenvalue weighted by Crippen LogP contribution is 2.28. The van der Waals surface area contributed by atoms with Crippen molar-refractivity contribution in [2.24, 2.45) is 0 Å². The number of rotatable bonds is 7. The highest BCUT2D eigenvalue weighted by atomic mass is 32.2. The van der Waals surface area contributed by atoms with Gasteiger partial charge in [0.15, 0.2) is 0 Å². The fourth-order valence-electron chi connectivity index (χ4n) is 4.30. The van der Waals surface area contributed by atoms with Gasteiger partial charge in [-0.05, 0) is 57.0 Å². The van der Waals surface area contributed by atoms with E-state index in [9.17, 15) is 21.6 Å². The summed E-state index contributed by atoms with van der Waals surface area (Å²) < 4.78 is 62.4. The topological polar surface area (TPSA) is 101 Å². The van der Waals surface area contributed by atoms with Crippen LogP contribution in [0.5, 0.6) is 0 Å². The standard InChI is InChI=1S/C29H32N2O6S2/c1-22-10-14-26(15-11-22)38(33,34)30-18-7-19-31(39(35,36)27-16-12-23(2)13-17-27)24(3)28(20-30)29(32)37-21-25-8-5-4-6-9-25/h4-6,8-17H,7,18-21H2,1-3H3/b28-24+. The summed E-state index contributed by atoms with van der Waals surface area (Å²) in [6.45, 7) is 4.91. The molecule has 0 radical (unpaired) electrons. The molecule has 206 valence electrons. The van der Waals surface area contributed by atoms with Gasteiger partial charge in [0.1, 0.15) is 6.61 Å². The zero-order valence-electron chi connectivity index (χ0n) is 22.2. The highest BCUT2D eigenvalue weighted by Gasteiger charge is 2.35. The average Bonchev–Trinajstić information content (AvgIpc) is 2.90. The lowest BCUT2D eigenvalue weighted by Gasteiger charge is -2.32. The molecule has 0 aliphatic carbocycles. The Balaban J connectivity index is 1.74. The number of ether oxygens (including phenoxy) is 1. The number of allylic oxidation sites excluding steroid dienone is 1. The molecule has 1 aliphatic heterocycles. The second-order valence-electron chi connectivity index (χ2n) is 9.52. The van der Waals surface area contributed by atoms with Gasteiger partial charge in [-0.2, -0.15) is 4.31 Å². The van der Waals surface area contributed by atoms with Crippen molar-refractivity contribution in [3.63, 3.8) is 0 Å². The van der Waals surface area contributed by atoms with Crippen LogP contribution < -0.4 is 0 Å². The van der Waals surface area contributed by atoms with Gasteiger partial charge >= 0.3 is 5.97 Å². The van der Waals surface area contributed by atoms with Gasteiger partial charge in [-0.25, -0.2) is 21.6 Å². The fourth-order valence-corrected chi connectivity index (χ4v) is 7.32. The monoisotopic (exact) mass is 568 g/mol. The first-order chi connectivity index (χ1) is 18.5. The van der Waals surface area contributed by atoms with Gasteiger partial charge in [0.05, 0.1) is 15.4 Å². The van der Waals surface area contributed by atoms with Crippen molar-refractivity contribution in [1.29, 1.82) is 0 Å². The van der Waals surface area contributed by atoms with Crippen molar-refractivity contribution in [3.05, 3.63) is 107 Å². The number of benzene rings is 3. The first kappa shape index (κ1) is 28.5. The van der Waals surface area contributed by atoms with Crippen LogP contribution in [-0.2, 0) is 36.2 Å². The molecule has 1 aliphatic rings. The second-order valence-corrected chi connectivity index (χ2v) is 13.3. The lowest BCUT2D eigenvalue weighted by atomic mass is 10.1. The summed E-state index contributed by atoms with van der Waals surface area (Å²) in [5, 5.41) is 0. The van der Waals surface area contributed by atoms with Gasteiger partial charge in [0, 0.05) is 25.3 Å². The van der Waals surface area contributed by atoms with Crippen molar-refractivity contribution in [2.45, 2.75) is 43.6 Å².